The summed E-state index contributed by atoms with van der Waals surface area (Å²) >= 11 is 1.60. The lowest BCUT2D eigenvalue weighted by atomic mass is 10.1. The fraction of sp³-hybridized carbons (Fsp3) is 0.400. The Bertz CT molecular complexity index is 466. The molecule has 15 heavy (non-hydrogen) atoms. The molecule has 4 nitrogen and oxygen atoms in total. The monoisotopic (exact) mass is 223 g/mol. The van der Waals surface area contributed by atoms with Crippen LogP contribution in [-0.4, -0.2) is 27.2 Å². The number of anilines is 1. The topological polar surface area (TPSA) is 58.0 Å². The number of nitrogens with zero attached hydrogens (tertiary/aromatic N) is 2. The first-order chi connectivity index (χ1) is 7.12. The molecule has 2 N–H and O–H groups in total. The number of aliphatic hydroxyl groups is 1. The van der Waals surface area contributed by atoms with Crippen LogP contribution in [0.25, 0.3) is 10.2 Å². The standard InChI is InChI=1S/C10H13N3OS/c1-10(2,5-14)13-9-8-7(3-4-15-8)11-6-12-9/h3-4,6,14H,5H2,1-2H3,(H,11,12,13). The molecule has 0 unspecified atom stereocenters. The Morgan fingerprint density at radius 2 is 2.27 bits per heavy atom. The lowest BCUT2D eigenvalue weighted by Crippen LogP contribution is -2.35. The summed E-state index contributed by atoms with van der Waals surface area (Å²) in [6, 6.07) is 1.96. The third-order valence-electron chi connectivity index (χ3n) is 2.10. The highest BCUT2D eigenvalue weighted by molar-refractivity contribution is 7.17. The highest BCUT2D eigenvalue weighted by Crippen LogP contribution is 2.26. The highest BCUT2D eigenvalue weighted by atomic mass is 32.1. The molecule has 2 rings (SSSR count). The maximum atomic E-state index is 9.18. The molecule has 0 bridgehead atoms. The van der Waals surface area contributed by atoms with Crippen LogP contribution in [-0.2, 0) is 0 Å². The summed E-state index contributed by atoms with van der Waals surface area (Å²) in [7, 11) is 0. The Kier molecular flexibility index (Phi) is 2.58. The van der Waals surface area contributed by atoms with Gasteiger partial charge in [0, 0.05) is 0 Å². The number of rotatable bonds is 3. The summed E-state index contributed by atoms with van der Waals surface area (Å²) in [4.78, 5) is 8.34. The Morgan fingerprint density at radius 1 is 1.47 bits per heavy atom. The number of hydrogen-bond donors (Lipinski definition) is 2. The lowest BCUT2D eigenvalue weighted by Gasteiger charge is -2.24. The van der Waals surface area contributed by atoms with E-state index in [0.717, 1.165) is 16.0 Å². The van der Waals surface area contributed by atoms with E-state index in [1.165, 1.54) is 6.33 Å². The third kappa shape index (κ3) is 2.08. The summed E-state index contributed by atoms with van der Waals surface area (Å²) in [5.74, 6) is 0.786. The van der Waals surface area contributed by atoms with Crippen LogP contribution in [0.15, 0.2) is 17.8 Å². The number of hydrogen-bond acceptors (Lipinski definition) is 5. The van der Waals surface area contributed by atoms with E-state index in [1.54, 1.807) is 11.3 Å². The highest BCUT2D eigenvalue weighted by Gasteiger charge is 2.18. The molecule has 2 heterocycles. The fourth-order valence-corrected chi connectivity index (χ4v) is 2.03. The van der Waals surface area contributed by atoms with Crippen LogP contribution in [0.3, 0.4) is 0 Å². The van der Waals surface area contributed by atoms with E-state index >= 15 is 0 Å². The Balaban J connectivity index is 2.39. The van der Waals surface area contributed by atoms with Gasteiger partial charge >= 0.3 is 0 Å². The van der Waals surface area contributed by atoms with Crippen LogP contribution in [0, 0.1) is 0 Å². The molecule has 2 aromatic rings. The molecule has 0 aliphatic rings. The van der Waals surface area contributed by atoms with Gasteiger partial charge in [0.1, 0.15) is 12.1 Å². The molecule has 0 amide bonds. The lowest BCUT2D eigenvalue weighted by molar-refractivity contribution is 0.234. The zero-order chi connectivity index (χ0) is 10.9. The molecule has 0 fully saturated rings. The SMILES string of the molecule is CC(C)(CO)Nc1ncnc2ccsc12. The second-order valence-corrected chi connectivity index (χ2v) is 4.94. The summed E-state index contributed by atoms with van der Waals surface area (Å²) in [5, 5.41) is 14.4. The number of aromatic nitrogens is 2. The molecule has 0 spiro atoms. The van der Waals surface area contributed by atoms with Crippen LogP contribution in [0.1, 0.15) is 13.8 Å². The van der Waals surface area contributed by atoms with E-state index in [9.17, 15) is 5.11 Å². The number of fused-ring (bicyclic) bond motifs is 1. The average Bonchev–Trinajstić information content (AvgIpc) is 2.66. The second kappa shape index (κ2) is 3.75. The van der Waals surface area contributed by atoms with Crippen LogP contribution in [0.2, 0.25) is 0 Å². The van der Waals surface area contributed by atoms with E-state index in [2.05, 4.69) is 15.3 Å². The molecule has 80 valence electrons. The van der Waals surface area contributed by atoms with Gasteiger partial charge in [0.25, 0.3) is 0 Å². The van der Waals surface area contributed by atoms with Gasteiger partial charge in [-0.05, 0) is 25.3 Å². The fourth-order valence-electron chi connectivity index (χ4n) is 1.24. The molecule has 0 aliphatic carbocycles. The number of nitrogens with one attached hydrogen (secondary N) is 1. The van der Waals surface area contributed by atoms with Crippen molar-refractivity contribution in [2.75, 3.05) is 11.9 Å². The van der Waals surface area contributed by atoms with E-state index in [0.29, 0.717) is 0 Å². The van der Waals surface area contributed by atoms with Gasteiger partial charge in [0.2, 0.25) is 0 Å². The van der Waals surface area contributed by atoms with Gasteiger partial charge in [-0.1, -0.05) is 0 Å². The first-order valence-corrected chi connectivity index (χ1v) is 5.57. The Hall–Kier alpha value is -1.20. The minimum atomic E-state index is -0.370. The zero-order valence-corrected chi connectivity index (χ0v) is 9.51. The minimum absolute atomic E-state index is 0.0594. The zero-order valence-electron chi connectivity index (χ0n) is 8.69. The van der Waals surface area contributed by atoms with Crippen molar-refractivity contribution in [2.24, 2.45) is 0 Å². The molecule has 2 aromatic heterocycles. The molecule has 0 aromatic carbocycles. The van der Waals surface area contributed by atoms with Crippen molar-refractivity contribution in [1.82, 2.24) is 9.97 Å². The maximum Gasteiger partial charge on any atom is 0.147 e. The van der Waals surface area contributed by atoms with Gasteiger partial charge in [-0.2, -0.15) is 0 Å². The van der Waals surface area contributed by atoms with Crippen LogP contribution >= 0.6 is 11.3 Å². The molecule has 0 radical (unpaired) electrons. The van der Waals surface area contributed by atoms with Crippen molar-refractivity contribution in [3.63, 3.8) is 0 Å². The van der Waals surface area contributed by atoms with E-state index in [4.69, 9.17) is 0 Å². The smallest absolute Gasteiger partial charge is 0.147 e. The van der Waals surface area contributed by atoms with Gasteiger partial charge in [0.15, 0.2) is 0 Å². The van der Waals surface area contributed by atoms with Crippen molar-refractivity contribution >= 4 is 27.4 Å². The second-order valence-electron chi connectivity index (χ2n) is 4.02. The molecule has 0 atom stereocenters. The van der Waals surface area contributed by atoms with Crippen LogP contribution < -0.4 is 5.32 Å². The molecular formula is C10H13N3OS. The van der Waals surface area contributed by atoms with Crippen molar-refractivity contribution in [3.8, 4) is 0 Å². The molecule has 0 aliphatic heterocycles. The van der Waals surface area contributed by atoms with Crippen molar-refractivity contribution in [3.05, 3.63) is 17.8 Å². The Labute approximate surface area is 92.0 Å². The predicted molar refractivity (Wildman–Crippen MR) is 62.2 cm³/mol. The molecule has 5 heteroatoms. The molecule has 0 saturated carbocycles. The van der Waals surface area contributed by atoms with Gasteiger partial charge < -0.3 is 10.4 Å². The normalized spacial score (nSPS) is 11.9. The average molecular weight is 223 g/mol. The van der Waals surface area contributed by atoms with E-state index in [1.807, 2.05) is 25.3 Å². The first-order valence-electron chi connectivity index (χ1n) is 4.70. The van der Waals surface area contributed by atoms with E-state index < -0.39 is 0 Å². The molecular weight excluding hydrogens is 210 g/mol. The van der Waals surface area contributed by atoms with E-state index in [-0.39, 0.29) is 12.1 Å². The van der Waals surface area contributed by atoms with Crippen molar-refractivity contribution in [2.45, 2.75) is 19.4 Å². The quantitative estimate of drug-likeness (QED) is 0.834. The summed E-state index contributed by atoms with van der Waals surface area (Å²) in [5.41, 5.74) is 0.567. The summed E-state index contributed by atoms with van der Waals surface area (Å²) < 4.78 is 1.03. The van der Waals surface area contributed by atoms with Gasteiger partial charge in [-0.3, -0.25) is 0 Å². The third-order valence-corrected chi connectivity index (χ3v) is 3.01. The van der Waals surface area contributed by atoms with Crippen LogP contribution in [0.4, 0.5) is 5.82 Å². The van der Waals surface area contributed by atoms with Gasteiger partial charge in [-0.25, -0.2) is 9.97 Å². The summed E-state index contributed by atoms with van der Waals surface area (Å²) in [6.07, 6.45) is 1.53. The maximum absolute atomic E-state index is 9.18. The number of aliphatic hydroxyl groups excluding tert-OH is 1. The number of thiophene rings is 1. The first kappa shape index (κ1) is 10.3. The summed E-state index contributed by atoms with van der Waals surface area (Å²) in [6.45, 7) is 3.91. The Morgan fingerprint density at radius 3 is 3.00 bits per heavy atom. The van der Waals surface area contributed by atoms with Gasteiger partial charge in [-0.15, -0.1) is 11.3 Å². The van der Waals surface area contributed by atoms with Crippen molar-refractivity contribution in [1.29, 1.82) is 0 Å². The molecule has 0 saturated heterocycles. The van der Waals surface area contributed by atoms with Crippen molar-refractivity contribution < 1.29 is 5.11 Å². The predicted octanol–water partition coefficient (Wildman–Crippen LogP) is 1.87. The minimum Gasteiger partial charge on any atom is -0.394 e. The van der Waals surface area contributed by atoms with Gasteiger partial charge in [0.05, 0.1) is 22.4 Å². The largest absolute Gasteiger partial charge is 0.394 e. The van der Waals surface area contributed by atoms with Crippen LogP contribution in [0.5, 0.6) is 0 Å².